The van der Waals surface area contributed by atoms with Crippen LogP contribution >= 0.6 is 0 Å². The lowest BCUT2D eigenvalue weighted by Gasteiger charge is -2.32. The van der Waals surface area contributed by atoms with Crippen LogP contribution in [0.3, 0.4) is 0 Å². The van der Waals surface area contributed by atoms with Crippen molar-refractivity contribution in [2.75, 3.05) is 13.1 Å². The Bertz CT molecular complexity index is 861. The molecule has 0 spiro atoms. The van der Waals surface area contributed by atoms with Crippen molar-refractivity contribution in [3.8, 4) is 6.07 Å². The van der Waals surface area contributed by atoms with E-state index in [1.807, 2.05) is 41.3 Å². The van der Waals surface area contributed by atoms with Gasteiger partial charge < -0.3 is 4.90 Å². The third-order valence-electron chi connectivity index (χ3n) is 5.50. The predicted octanol–water partition coefficient (Wildman–Crippen LogP) is 4.98. The predicted molar refractivity (Wildman–Crippen MR) is 108 cm³/mol. The van der Waals surface area contributed by atoms with Crippen LogP contribution in [0.1, 0.15) is 72.1 Å². The topological polar surface area (TPSA) is 44.1 Å². The van der Waals surface area contributed by atoms with Crippen LogP contribution in [0.25, 0.3) is 0 Å². The van der Waals surface area contributed by atoms with Crippen molar-refractivity contribution in [3.05, 3.63) is 70.3 Å². The summed E-state index contributed by atoms with van der Waals surface area (Å²) >= 11 is 0. The first-order valence-electron chi connectivity index (χ1n) is 9.62. The SMILES string of the molecule is Cc1[c]cc(C(=O)N2CCC(c3ccc(C#N)cc3)CC2)cc1C(C)(C)C. The number of benzene rings is 2. The lowest BCUT2D eigenvalue weighted by Crippen LogP contribution is -2.38. The van der Waals surface area contributed by atoms with Crippen LogP contribution in [-0.2, 0) is 5.41 Å². The van der Waals surface area contributed by atoms with E-state index in [1.165, 1.54) is 11.1 Å². The second kappa shape index (κ2) is 7.56. The molecule has 0 saturated carbocycles. The van der Waals surface area contributed by atoms with Crippen molar-refractivity contribution in [2.24, 2.45) is 0 Å². The normalized spacial score (nSPS) is 15.4. The molecule has 0 atom stereocenters. The molecule has 139 valence electrons. The van der Waals surface area contributed by atoms with Gasteiger partial charge in [0.05, 0.1) is 11.6 Å². The number of aryl methyl sites for hydroxylation is 1. The molecule has 3 heteroatoms. The van der Waals surface area contributed by atoms with Gasteiger partial charge in [0, 0.05) is 18.7 Å². The Morgan fingerprint density at radius 3 is 2.37 bits per heavy atom. The maximum Gasteiger partial charge on any atom is 0.253 e. The molecule has 0 bridgehead atoms. The molecule has 0 aromatic heterocycles. The third-order valence-corrected chi connectivity index (χ3v) is 5.50. The Morgan fingerprint density at radius 1 is 1.19 bits per heavy atom. The van der Waals surface area contributed by atoms with Gasteiger partial charge >= 0.3 is 0 Å². The molecule has 1 saturated heterocycles. The van der Waals surface area contributed by atoms with E-state index in [0.717, 1.165) is 37.1 Å². The maximum absolute atomic E-state index is 13.0. The molecule has 0 unspecified atom stereocenters. The molecule has 3 rings (SSSR count). The molecule has 0 aliphatic carbocycles. The first kappa shape index (κ1) is 19.2. The quantitative estimate of drug-likeness (QED) is 0.759. The number of piperidine rings is 1. The van der Waals surface area contributed by atoms with E-state index in [1.54, 1.807) is 0 Å². The smallest absolute Gasteiger partial charge is 0.253 e. The molecule has 1 radical (unpaired) electrons. The van der Waals surface area contributed by atoms with E-state index in [4.69, 9.17) is 5.26 Å². The fourth-order valence-corrected chi connectivity index (χ4v) is 3.90. The summed E-state index contributed by atoms with van der Waals surface area (Å²) in [5.41, 5.74) is 4.98. The summed E-state index contributed by atoms with van der Waals surface area (Å²) in [4.78, 5) is 15.0. The largest absolute Gasteiger partial charge is 0.339 e. The number of carbonyl (C=O) groups excluding carboxylic acids is 1. The Balaban J connectivity index is 1.69. The van der Waals surface area contributed by atoms with E-state index in [2.05, 4.69) is 39.8 Å². The average molecular weight is 359 g/mol. The number of hydrogen-bond acceptors (Lipinski definition) is 2. The van der Waals surface area contributed by atoms with E-state index >= 15 is 0 Å². The zero-order chi connectivity index (χ0) is 19.6. The van der Waals surface area contributed by atoms with Gasteiger partial charge in [0.15, 0.2) is 0 Å². The molecular formula is C24H27N2O. The molecule has 1 heterocycles. The first-order valence-corrected chi connectivity index (χ1v) is 9.62. The summed E-state index contributed by atoms with van der Waals surface area (Å²) in [6, 6.07) is 17.2. The summed E-state index contributed by atoms with van der Waals surface area (Å²) in [7, 11) is 0. The summed E-state index contributed by atoms with van der Waals surface area (Å²) in [5.74, 6) is 0.562. The monoisotopic (exact) mass is 359 g/mol. The second-order valence-corrected chi connectivity index (χ2v) is 8.48. The molecule has 1 aliphatic rings. The lowest BCUT2D eigenvalue weighted by molar-refractivity contribution is 0.0713. The van der Waals surface area contributed by atoms with Crippen LogP contribution in [0.5, 0.6) is 0 Å². The molecule has 27 heavy (non-hydrogen) atoms. The van der Waals surface area contributed by atoms with Crippen molar-refractivity contribution in [1.82, 2.24) is 4.90 Å². The van der Waals surface area contributed by atoms with Crippen LogP contribution < -0.4 is 0 Å². The van der Waals surface area contributed by atoms with Gasteiger partial charge in [-0.2, -0.15) is 5.26 Å². The molecule has 0 N–H and O–H groups in total. The second-order valence-electron chi connectivity index (χ2n) is 8.48. The summed E-state index contributed by atoms with van der Waals surface area (Å²) in [5, 5.41) is 8.93. The van der Waals surface area contributed by atoms with Gasteiger partial charge in [0.1, 0.15) is 0 Å². The third kappa shape index (κ3) is 4.22. The standard InChI is InChI=1S/C24H27N2O/c1-17-5-8-21(15-22(17)24(2,3)4)23(27)26-13-11-20(12-14-26)19-9-6-18(16-25)7-10-19/h6-10,15,20H,11-14H2,1-4H3. The van der Waals surface area contributed by atoms with Crippen molar-refractivity contribution < 1.29 is 4.79 Å². The highest BCUT2D eigenvalue weighted by Crippen LogP contribution is 2.30. The molecule has 3 nitrogen and oxygen atoms in total. The minimum absolute atomic E-state index is 0.000540. The van der Waals surface area contributed by atoms with Crippen molar-refractivity contribution in [2.45, 2.75) is 51.9 Å². The first-order chi connectivity index (χ1) is 12.8. The summed E-state index contributed by atoms with van der Waals surface area (Å²) in [6.07, 6.45) is 1.92. The fourth-order valence-electron chi connectivity index (χ4n) is 3.90. The minimum Gasteiger partial charge on any atom is -0.339 e. The van der Waals surface area contributed by atoms with Crippen LogP contribution in [-0.4, -0.2) is 23.9 Å². The van der Waals surface area contributed by atoms with E-state index in [0.29, 0.717) is 11.5 Å². The van der Waals surface area contributed by atoms with Crippen molar-refractivity contribution in [1.29, 1.82) is 5.26 Å². The number of carbonyl (C=O) groups is 1. The maximum atomic E-state index is 13.0. The molecule has 1 fully saturated rings. The van der Waals surface area contributed by atoms with Gasteiger partial charge in [-0.25, -0.2) is 0 Å². The Kier molecular flexibility index (Phi) is 5.37. The number of nitriles is 1. The van der Waals surface area contributed by atoms with Gasteiger partial charge in [-0.3, -0.25) is 4.79 Å². The van der Waals surface area contributed by atoms with Crippen LogP contribution in [0, 0.1) is 24.3 Å². The van der Waals surface area contributed by atoms with E-state index in [-0.39, 0.29) is 11.3 Å². The average Bonchev–Trinajstić information content (AvgIpc) is 2.67. The van der Waals surface area contributed by atoms with Gasteiger partial charge in [-0.15, -0.1) is 0 Å². The summed E-state index contributed by atoms with van der Waals surface area (Å²) in [6.45, 7) is 10.1. The van der Waals surface area contributed by atoms with Gasteiger partial charge in [-0.1, -0.05) is 32.9 Å². The van der Waals surface area contributed by atoms with Gasteiger partial charge in [-0.05, 0) is 78.1 Å². The Labute approximate surface area is 162 Å². The van der Waals surface area contributed by atoms with Gasteiger partial charge in [0.2, 0.25) is 0 Å². The molecular weight excluding hydrogens is 332 g/mol. The van der Waals surface area contributed by atoms with E-state index < -0.39 is 0 Å². The minimum atomic E-state index is -0.000540. The fraction of sp³-hybridized carbons (Fsp3) is 0.417. The van der Waals surface area contributed by atoms with Crippen molar-refractivity contribution in [3.63, 3.8) is 0 Å². The number of rotatable bonds is 2. The van der Waals surface area contributed by atoms with Crippen LogP contribution in [0.4, 0.5) is 0 Å². The number of nitrogens with zero attached hydrogens (tertiary/aromatic N) is 2. The lowest BCUT2D eigenvalue weighted by atomic mass is 9.83. The number of likely N-dealkylation sites (tertiary alicyclic amines) is 1. The van der Waals surface area contributed by atoms with Crippen LogP contribution in [0.2, 0.25) is 0 Å². The Hall–Kier alpha value is -2.60. The molecule has 1 aliphatic heterocycles. The highest BCUT2D eigenvalue weighted by atomic mass is 16.2. The van der Waals surface area contributed by atoms with Crippen LogP contribution in [0.15, 0.2) is 36.4 Å². The zero-order valence-electron chi connectivity index (χ0n) is 16.7. The molecule has 1 amide bonds. The highest BCUT2D eigenvalue weighted by molar-refractivity contribution is 5.94. The molecule has 2 aromatic rings. The Morgan fingerprint density at radius 2 is 1.81 bits per heavy atom. The number of hydrogen-bond donors (Lipinski definition) is 0. The zero-order valence-corrected chi connectivity index (χ0v) is 16.7. The molecule has 2 aromatic carbocycles. The summed E-state index contributed by atoms with van der Waals surface area (Å²) < 4.78 is 0. The van der Waals surface area contributed by atoms with Crippen molar-refractivity contribution >= 4 is 5.91 Å². The number of amides is 1. The van der Waals surface area contributed by atoms with E-state index in [9.17, 15) is 4.79 Å². The highest BCUT2D eigenvalue weighted by Gasteiger charge is 2.26. The van der Waals surface area contributed by atoms with Gasteiger partial charge in [0.25, 0.3) is 5.91 Å².